The molecule has 134 valence electrons. The van der Waals surface area contributed by atoms with Gasteiger partial charge in [0, 0.05) is 18.4 Å². The van der Waals surface area contributed by atoms with E-state index in [1.165, 1.54) is 11.1 Å². The maximum Gasteiger partial charge on any atom is 0.242 e. The number of hydrogen-bond donors (Lipinski definition) is 2. The second kappa shape index (κ2) is 9.72. The third-order valence-electron chi connectivity index (χ3n) is 4.09. The van der Waals surface area contributed by atoms with Crippen LogP contribution in [0.2, 0.25) is 0 Å². The highest BCUT2D eigenvalue weighted by molar-refractivity contribution is 7.98. The molecule has 1 rings (SSSR count). The third-order valence-corrected chi connectivity index (χ3v) is 4.73. The van der Waals surface area contributed by atoms with Gasteiger partial charge in [-0.1, -0.05) is 50.6 Å². The fourth-order valence-electron chi connectivity index (χ4n) is 2.40. The summed E-state index contributed by atoms with van der Waals surface area (Å²) >= 11 is 1.67. The van der Waals surface area contributed by atoms with Gasteiger partial charge in [0.1, 0.15) is 6.04 Å². The van der Waals surface area contributed by atoms with Gasteiger partial charge in [-0.3, -0.25) is 9.59 Å². The van der Waals surface area contributed by atoms with Crippen LogP contribution in [0, 0.1) is 6.92 Å². The standard InChI is InChI=1S/C19H30N2O2S/c1-6-17(22)21-16(10-11-24-5)18(23)20-13-19(3,4)15-9-7-8-14(2)12-15/h7-9,12,16H,6,10-11,13H2,1-5H3,(H,20,23)(H,21,22)/t16-/m0/s1. The lowest BCUT2D eigenvalue weighted by Crippen LogP contribution is -2.49. The Morgan fingerprint density at radius 3 is 2.58 bits per heavy atom. The average molecular weight is 351 g/mol. The molecule has 1 aromatic rings. The summed E-state index contributed by atoms with van der Waals surface area (Å²) in [5.74, 6) is 0.643. The normalized spacial score (nSPS) is 12.5. The number of rotatable bonds is 9. The molecule has 0 heterocycles. The minimum Gasteiger partial charge on any atom is -0.353 e. The molecule has 0 saturated heterocycles. The quantitative estimate of drug-likeness (QED) is 0.720. The SMILES string of the molecule is CCC(=O)N[C@@H](CCSC)C(=O)NCC(C)(C)c1cccc(C)c1. The van der Waals surface area contributed by atoms with Crippen molar-refractivity contribution >= 4 is 23.6 Å². The van der Waals surface area contributed by atoms with Gasteiger partial charge in [0.15, 0.2) is 0 Å². The first-order valence-electron chi connectivity index (χ1n) is 8.43. The molecule has 1 aromatic carbocycles. The fraction of sp³-hybridized carbons (Fsp3) is 0.579. The number of carbonyl (C=O) groups is 2. The van der Waals surface area contributed by atoms with E-state index in [1.54, 1.807) is 18.7 Å². The molecule has 0 unspecified atom stereocenters. The predicted octanol–water partition coefficient (Wildman–Crippen LogP) is 3.04. The van der Waals surface area contributed by atoms with E-state index in [0.717, 1.165) is 5.75 Å². The van der Waals surface area contributed by atoms with Crippen molar-refractivity contribution in [2.45, 2.75) is 52.0 Å². The highest BCUT2D eigenvalue weighted by Crippen LogP contribution is 2.23. The van der Waals surface area contributed by atoms with Crippen molar-refractivity contribution in [3.8, 4) is 0 Å². The summed E-state index contributed by atoms with van der Waals surface area (Å²) in [6.07, 6.45) is 3.03. The number of carbonyl (C=O) groups excluding carboxylic acids is 2. The maximum absolute atomic E-state index is 12.5. The highest BCUT2D eigenvalue weighted by Gasteiger charge is 2.25. The number of nitrogens with one attached hydrogen (secondary N) is 2. The third kappa shape index (κ3) is 6.56. The molecular weight excluding hydrogens is 320 g/mol. The van der Waals surface area contributed by atoms with Gasteiger partial charge < -0.3 is 10.6 Å². The lowest BCUT2D eigenvalue weighted by atomic mass is 9.84. The Balaban J connectivity index is 2.70. The van der Waals surface area contributed by atoms with Crippen molar-refractivity contribution in [1.29, 1.82) is 0 Å². The molecule has 0 aliphatic rings. The molecule has 5 heteroatoms. The second-order valence-electron chi connectivity index (χ2n) is 6.73. The molecule has 4 nitrogen and oxygen atoms in total. The second-order valence-corrected chi connectivity index (χ2v) is 7.71. The first-order valence-corrected chi connectivity index (χ1v) is 9.82. The molecule has 0 bridgehead atoms. The lowest BCUT2D eigenvalue weighted by Gasteiger charge is -2.27. The van der Waals surface area contributed by atoms with Crippen molar-refractivity contribution in [2.75, 3.05) is 18.6 Å². The van der Waals surface area contributed by atoms with E-state index in [9.17, 15) is 9.59 Å². The topological polar surface area (TPSA) is 58.2 Å². The summed E-state index contributed by atoms with van der Waals surface area (Å²) in [6.45, 7) is 8.62. The zero-order valence-electron chi connectivity index (χ0n) is 15.4. The zero-order chi connectivity index (χ0) is 18.2. The van der Waals surface area contributed by atoms with E-state index >= 15 is 0 Å². The average Bonchev–Trinajstić information content (AvgIpc) is 2.56. The number of aryl methyl sites for hydroxylation is 1. The van der Waals surface area contributed by atoms with Gasteiger partial charge in [0.2, 0.25) is 11.8 Å². The van der Waals surface area contributed by atoms with E-state index in [-0.39, 0.29) is 17.2 Å². The number of thioether (sulfide) groups is 1. The maximum atomic E-state index is 12.5. The number of benzene rings is 1. The van der Waals surface area contributed by atoms with Crippen LogP contribution in [0.3, 0.4) is 0 Å². The van der Waals surface area contributed by atoms with Gasteiger partial charge in [0.05, 0.1) is 0 Å². The number of hydrogen-bond acceptors (Lipinski definition) is 3. The molecule has 0 aliphatic heterocycles. The summed E-state index contributed by atoms with van der Waals surface area (Å²) in [6, 6.07) is 7.88. The Morgan fingerprint density at radius 2 is 2.00 bits per heavy atom. The van der Waals surface area contributed by atoms with Crippen LogP contribution in [0.25, 0.3) is 0 Å². The van der Waals surface area contributed by atoms with Crippen LogP contribution in [0.1, 0.15) is 44.7 Å². The Bertz CT molecular complexity index is 558. The molecule has 24 heavy (non-hydrogen) atoms. The highest BCUT2D eigenvalue weighted by atomic mass is 32.2. The van der Waals surface area contributed by atoms with Crippen LogP contribution >= 0.6 is 11.8 Å². The van der Waals surface area contributed by atoms with E-state index in [1.807, 2.05) is 12.3 Å². The Morgan fingerprint density at radius 1 is 1.29 bits per heavy atom. The Kier molecular flexibility index (Phi) is 8.32. The van der Waals surface area contributed by atoms with E-state index in [0.29, 0.717) is 19.4 Å². The Hall–Kier alpha value is -1.49. The molecule has 2 N–H and O–H groups in total. The fourth-order valence-corrected chi connectivity index (χ4v) is 2.87. The van der Waals surface area contributed by atoms with Gasteiger partial charge in [0.25, 0.3) is 0 Å². The van der Waals surface area contributed by atoms with E-state index in [2.05, 4.69) is 49.6 Å². The molecule has 0 saturated carbocycles. The van der Waals surface area contributed by atoms with Crippen molar-refractivity contribution < 1.29 is 9.59 Å². The molecule has 1 atom stereocenters. The summed E-state index contributed by atoms with van der Waals surface area (Å²) < 4.78 is 0. The van der Waals surface area contributed by atoms with E-state index in [4.69, 9.17) is 0 Å². The van der Waals surface area contributed by atoms with Crippen LogP contribution in [-0.4, -0.2) is 36.4 Å². The van der Waals surface area contributed by atoms with Gasteiger partial charge in [-0.05, 0) is 30.9 Å². The first kappa shape index (κ1) is 20.6. The smallest absolute Gasteiger partial charge is 0.242 e. The van der Waals surface area contributed by atoms with Crippen molar-refractivity contribution in [2.24, 2.45) is 0 Å². The summed E-state index contributed by atoms with van der Waals surface area (Å²) in [5.41, 5.74) is 2.24. The largest absolute Gasteiger partial charge is 0.353 e. The zero-order valence-corrected chi connectivity index (χ0v) is 16.3. The van der Waals surface area contributed by atoms with Crippen LogP contribution in [0.5, 0.6) is 0 Å². The summed E-state index contributed by atoms with van der Waals surface area (Å²) in [7, 11) is 0. The molecule has 2 amide bonds. The molecule has 0 fully saturated rings. The molecule has 0 aromatic heterocycles. The lowest BCUT2D eigenvalue weighted by molar-refractivity contribution is -0.129. The minimum atomic E-state index is -0.460. The summed E-state index contributed by atoms with van der Waals surface area (Å²) in [4.78, 5) is 24.2. The summed E-state index contributed by atoms with van der Waals surface area (Å²) in [5, 5.41) is 5.84. The molecular formula is C19H30N2O2S. The Labute approximate surface area is 150 Å². The van der Waals surface area contributed by atoms with Crippen molar-refractivity contribution in [3.63, 3.8) is 0 Å². The van der Waals surface area contributed by atoms with E-state index < -0.39 is 6.04 Å². The van der Waals surface area contributed by atoms with Crippen molar-refractivity contribution in [3.05, 3.63) is 35.4 Å². The first-order chi connectivity index (χ1) is 11.3. The van der Waals surface area contributed by atoms with Crippen LogP contribution in [0.4, 0.5) is 0 Å². The minimum absolute atomic E-state index is 0.0887. The van der Waals surface area contributed by atoms with Crippen LogP contribution < -0.4 is 10.6 Å². The van der Waals surface area contributed by atoms with Gasteiger partial charge >= 0.3 is 0 Å². The molecule has 0 aliphatic carbocycles. The number of amides is 2. The monoisotopic (exact) mass is 350 g/mol. The van der Waals surface area contributed by atoms with Gasteiger partial charge in [-0.15, -0.1) is 0 Å². The van der Waals surface area contributed by atoms with Gasteiger partial charge in [-0.25, -0.2) is 0 Å². The van der Waals surface area contributed by atoms with Crippen molar-refractivity contribution in [1.82, 2.24) is 10.6 Å². The molecule has 0 spiro atoms. The van der Waals surface area contributed by atoms with Gasteiger partial charge in [-0.2, -0.15) is 11.8 Å². The molecule has 0 radical (unpaired) electrons. The van der Waals surface area contributed by atoms with Crippen LogP contribution in [0.15, 0.2) is 24.3 Å². The van der Waals surface area contributed by atoms with Crippen LogP contribution in [-0.2, 0) is 15.0 Å². The predicted molar refractivity (Wildman–Crippen MR) is 102 cm³/mol.